The Hall–Kier alpha value is -2.73. The number of piperidine rings is 1. The van der Waals surface area contributed by atoms with Gasteiger partial charge in [0.1, 0.15) is 6.04 Å². The molecule has 0 aromatic carbocycles. The monoisotopic (exact) mass is 1060 g/mol. The van der Waals surface area contributed by atoms with Crippen LogP contribution >= 0.6 is 0 Å². The molecule has 4 heterocycles. The van der Waals surface area contributed by atoms with E-state index in [4.69, 9.17) is 33.2 Å². The van der Waals surface area contributed by atoms with Gasteiger partial charge in [-0.25, -0.2) is 0 Å². The van der Waals surface area contributed by atoms with Crippen LogP contribution in [0.1, 0.15) is 96.8 Å². The second kappa shape index (κ2) is 30.0. The Balaban J connectivity index is 0.569. The maximum atomic E-state index is 14.2. The number of likely N-dealkylation sites (tertiary alicyclic amines) is 2. The van der Waals surface area contributed by atoms with Gasteiger partial charge in [0.15, 0.2) is 0 Å². The second-order valence-corrected chi connectivity index (χ2v) is 23.0. The summed E-state index contributed by atoms with van der Waals surface area (Å²) in [6.45, 7) is 16.8. The number of hydrogen-bond donors (Lipinski definition) is 4. The molecule has 0 radical (unpaired) electrons. The van der Waals surface area contributed by atoms with Crippen molar-refractivity contribution in [3.05, 3.63) is 0 Å². The highest BCUT2D eigenvalue weighted by Gasteiger charge is 2.56. The normalized spacial score (nSPS) is 33.3. The predicted octanol–water partition coefficient (Wildman–Crippen LogP) is 1.47. The van der Waals surface area contributed by atoms with Crippen LogP contribution in [-0.4, -0.2) is 235 Å². The van der Waals surface area contributed by atoms with E-state index >= 15 is 0 Å². The molecule has 0 aromatic heterocycles. The van der Waals surface area contributed by atoms with Crippen molar-refractivity contribution < 1.29 is 67.3 Å². The van der Waals surface area contributed by atoms with E-state index < -0.39 is 48.0 Å². The minimum atomic E-state index is -0.911. The van der Waals surface area contributed by atoms with Crippen LogP contribution in [0.25, 0.3) is 0 Å². The first-order chi connectivity index (χ1) is 36.5. The SMILES string of the molecule is CC1C(O)CC(O)C(C(=O)N2CC3CCC(CN4CCN(CCOCCOCCOCCOCCOCCOCCNC5CCCC6C(=O)N(C7CCC(=O)NC7=O)C(=O)C56)CC4)CC3C2)C1OCC1CCCCC1. The second-order valence-electron chi connectivity index (χ2n) is 23.0. The molecule has 20 nitrogen and oxygen atoms in total. The maximum Gasteiger partial charge on any atom is 0.249 e. The van der Waals surface area contributed by atoms with Crippen LogP contribution in [0.5, 0.6) is 0 Å². The van der Waals surface area contributed by atoms with Gasteiger partial charge < -0.3 is 58.5 Å². The van der Waals surface area contributed by atoms with Gasteiger partial charge in [0.05, 0.1) is 115 Å². The van der Waals surface area contributed by atoms with Gasteiger partial charge in [-0.05, 0) is 75.0 Å². The molecule has 4 N–H and O–H groups in total. The lowest BCUT2D eigenvalue weighted by Gasteiger charge is -2.43. The smallest absolute Gasteiger partial charge is 0.249 e. The summed E-state index contributed by atoms with van der Waals surface area (Å²) in [5.74, 6) is -1.05. The molecule has 4 saturated heterocycles. The zero-order valence-electron chi connectivity index (χ0n) is 45.0. The van der Waals surface area contributed by atoms with Gasteiger partial charge in [0.2, 0.25) is 29.5 Å². The van der Waals surface area contributed by atoms with Crippen molar-refractivity contribution in [2.45, 2.75) is 127 Å². The first-order valence-electron chi connectivity index (χ1n) is 29.2. The summed E-state index contributed by atoms with van der Waals surface area (Å²) < 4.78 is 40.6. The van der Waals surface area contributed by atoms with Crippen molar-refractivity contribution in [1.29, 1.82) is 0 Å². The van der Waals surface area contributed by atoms with Crippen molar-refractivity contribution in [1.82, 2.24) is 30.2 Å². The van der Waals surface area contributed by atoms with Crippen molar-refractivity contribution in [3.8, 4) is 0 Å². The Morgan fingerprint density at radius 2 is 1.27 bits per heavy atom. The highest BCUT2D eigenvalue weighted by Crippen LogP contribution is 2.43. The largest absolute Gasteiger partial charge is 0.393 e. The van der Waals surface area contributed by atoms with Gasteiger partial charge in [-0.15, -0.1) is 0 Å². The lowest BCUT2D eigenvalue weighted by molar-refractivity contribution is -0.169. The van der Waals surface area contributed by atoms with E-state index in [1.54, 1.807) is 0 Å². The summed E-state index contributed by atoms with van der Waals surface area (Å²) in [5.41, 5.74) is 0. The third kappa shape index (κ3) is 16.4. The molecule has 8 rings (SSSR count). The van der Waals surface area contributed by atoms with Crippen molar-refractivity contribution in [2.24, 2.45) is 47.3 Å². The number of aliphatic hydroxyl groups is 2. The number of carbonyl (C=O) groups is 5. The number of imide groups is 2. The summed E-state index contributed by atoms with van der Waals surface area (Å²) in [6, 6.07) is -1.08. The average molecular weight is 1060 g/mol. The predicted molar refractivity (Wildman–Crippen MR) is 275 cm³/mol. The van der Waals surface area contributed by atoms with Crippen LogP contribution in [0.15, 0.2) is 0 Å². The van der Waals surface area contributed by atoms with Crippen LogP contribution in [0.3, 0.4) is 0 Å². The van der Waals surface area contributed by atoms with Gasteiger partial charge in [0, 0.05) is 90.3 Å². The van der Waals surface area contributed by atoms with Crippen LogP contribution in [0, 0.1) is 47.3 Å². The Kier molecular flexibility index (Phi) is 23.4. The fourth-order valence-corrected chi connectivity index (χ4v) is 13.6. The Morgan fingerprint density at radius 3 is 1.93 bits per heavy atom. The maximum absolute atomic E-state index is 14.2. The molecule has 12 unspecified atom stereocenters. The summed E-state index contributed by atoms with van der Waals surface area (Å²) in [5, 5.41) is 27.6. The van der Waals surface area contributed by atoms with Crippen molar-refractivity contribution >= 4 is 29.5 Å². The summed E-state index contributed by atoms with van der Waals surface area (Å²) in [6.07, 6.45) is 10.3. The highest BCUT2D eigenvalue weighted by atomic mass is 16.6. The van der Waals surface area contributed by atoms with Gasteiger partial charge in [0.25, 0.3) is 0 Å². The molecule has 8 fully saturated rings. The summed E-state index contributed by atoms with van der Waals surface area (Å²) in [7, 11) is 0. The third-order valence-corrected chi connectivity index (χ3v) is 17.9. The molecule has 75 heavy (non-hydrogen) atoms. The van der Waals surface area contributed by atoms with E-state index in [9.17, 15) is 34.2 Å². The van der Waals surface area contributed by atoms with Crippen molar-refractivity contribution in [3.63, 3.8) is 0 Å². The number of nitrogens with one attached hydrogen (secondary N) is 2. The fraction of sp³-hybridized carbons (Fsp3) is 0.909. The molecule has 0 bridgehead atoms. The minimum Gasteiger partial charge on any atom is -0.393 e. The average Bonchev–Trinajstić information content (AvgIpc) is 3.96. The molecule has 12 atom stereocenters. The number of carbonyl (C=O) groups excluding carboxylic acids is 5. The molecule has 0 spiro atoms. The Morgan fingerprint density at radius 1 is 0.640 bits per heavy atom. The quantitative estimate of drug-likeness (QED) is 0.0615. The first kappa shape index (κ1) is 58.4. The molecule has 4 aliphatic heterocycles. The molecule has 5 amide bonds. The van der Waals surface area contributed by atoms with Crippen LogP contribution < -0.4 is 10.6 Å². The number of nitrogens with zero attached hydrogens (tertiary/aromatic N) is 4. The lowest BCUT2D eigenvalue weighted by Crippen LogP contribution is -2.55. The molecule has 4 saturated carbocycles. The zero-order chi connectivity index (χ0) is 52.5. The molecule has 20 heteroatoms. The molecular weight excluding hydrogens is 969 g/mol. The molecule has 4 aliphatic carbocycles. The van der Waals surface area contributed by atoms with Gasteiger partial charge in [-0.3, -0.25) is 39.1 Å². The number of ether oxygens (including phenoxy) is 7. The van der Waals surface area contributed by atoms with Gasteiger partial charge >= 0.3 is 0 Å². The van der Waals surface area contributed by atoms with E-state index in [1.165, 1.54) is 25.7 Å². The number of rotatable bonds is 29. The van der Waals surface area contributed by atoms with E-state index in [1.807, 2.05) is 11.8 Å². The molecule has 0 aromatic rings. The fourth-order valence-electron chi connectivity index (χ4n) is 13.6. The van der Waals surface area contributed by atoms with E-state index in [2.05, 4.69) is 20.4 Å². The Labute approximate surface area is 445 Å². The van der Waals surface area contributed by atoms with Crippen molar-refractivity contribution in [2.75, 3.05) is 145 Å². The first-order valence-corrected chi connectivity index (χ1v) is 29.2. The van der Waals surface area contributed by atoms with E-state index in [-0.39, 0.29) is 54.9 Å². The standard InChI is InChI=1S/C55H92N6O14/c1-38-46(62)33-47(63)50(51(38)75-37-39-6-3-2-4-7-39)54(67)60-35-41-11-10-40(32-42(41)36-60)34-59-17-15-58(16-18-59)19-21-70-23-25-72-27-29-74-31-30-73-28-26-71-24-22-69-20-14-56-44-9-5-8-43-49(44)55(68)61(53(43)66)45-12-13-48(64)57-52(45)65/h38-47,49-51,56,62-63H,2-37H2,1H3,(H,57,64,65). The Bertz CT molecular complexity index is 1800. The summed E-state index contributed by atoms with van der Waals surface area (Å²) >= 11 is 0. The lowest BCUT2D eigenvalue weighted by atomic mass is 9.75. The minimum absolute atomic E-state index is 0.0351. The van der Waals surface area contributed by atoms with E-state index in [0.29, 0.717) is 123 Å². The van der Waals surface area contributed by atoms with Crippen LogP contribution in [0.4, 0.5) is 0 Å². The summed E-state index contributed by atoms with van der Waals surface area (Å²) in [4.78, 5) is 73.0. The van der Waals surface area contributed by atoms with Crippen LogP contribution in [-0.2, 0) is 57.1 Å². The number of aliphatic hydroxyl groups excluding tert-OH is 2. The number of piperazine rings is 1. The number of hydrogen-bond acceptors (Lipinski definition) is 17. The van der Waals surface area contributed by atoms with E-state index in [0.717, 1.165) is 95.8 Å². The molecule has 426 valence electrons. The molecule has 8 aliphatic rings. The van der Waals surface area contributed by atoms with Gasteiger partial charge in [-0.1, -0.05) is 32.6 Å². The third-order valence-electron chi connectivity index (χ3n) is 17.9. The zero-order valence-corrected chi connectivity index (χ0v) is 45.0. The topological polar surface area (TPSA) is 227 Å². The number of fused-ring (bicyclic) bond motifs is 2. The molecular formula is C55H92N6O14. The van der Waals surface area contributed by atoms with Gasteiger partial charge in [-0.2, -0.15) is 0 Å². The van der Waals surface area contributed by atoms with Crippen LogP contribution in [0.2, 0.25) is 0 Å². The highest BCUT2D eigenvalue weighted by molar-refractivity contribution is 6.11. The number of amides is 5.